The van der Waals surface area contributed by atoms with Crippen molar-refractivity contribution in [1.82, 2.24) is 10.6 Å². The maximum absolute atomic E-state index is 12.3. The zero-order valence-electron chi connectivity index (χ0n) is 15.0. The van der Waals surface area contributed by atoms with Crippen molar-refractivity contribution in [1.29, 1.82) is 0 Å². The highest BCUT2D eigenvalue weighted by molar-refractivity contribution is 7.12. The smallest absolute Gasteiger partial charge is 0.262 e. The largest absolute Gasteiger partial charge is 0.379 e. The standard InChI is InChI=1S/C18H28N2O4S/c1-13(2)16(20-17(21)15-7-4-11-25-15)18(22)19-8-5-9-23-12-14-6-3-10-24-14/h4,7,11,13-14,16H,3,5-6,8-10,12H2,1-2H3,(H,19,22)(H,20,21). The summed E-state index contributed by atoms with van der Waals surface area (Å²) in [5.74, 6) is -0.345. The molecule has 2 atom stereocenters. The first kappa shape index (κ1) is 19.9. The number of carbonyl (C=O) groups excluding carboxylic acids is 2. The second-order valence-corrected chi connectivity index (χ2v) is 7.47. The molecule has 0 aliphatic carbocycles. The van der Waals surface area contributed by atoms with Crippen molar-refractivity contribution in [3.63, 3.8) is 0 Å². The lowest BCUT2D eigenvalue weighted by Gasteiger charge is -2.21. The predicted octanol–water partition coefficient (Wildman–Crippen LogP) is 2.20. The normalized spacial score (nSPS) is 18.3. The summed E-state index contributed by atoms with van der Waals surface area (Å²) < 4.78 is 11.1. The summed E-state index contributed by atoms with van der Waals surface area (Å²) >= 11 is 1.36. The van der Waals surface area contributed by atoms with Crippen LogP contribution in [0, 0.1) is 5.92 Å². The summed E-state index contributed by atoms with van der Waals surface area (Å²) in [6.45, 7) is 6.42. The molecule has 0 aromatic carbocycles. The highest BCUT2D eigenvalue weighted by Gasteiger charge is 2.24. The monoisotopic (exact) mass is 368 g/mol. The molecule has 25 heavy (non-hydrogen) atoms. The van der Waals surface area contributed by atoms with Gasteiger partial charge in [0.25, 0.3) is 5.91 Å². The second-order valence-electron chi connectivity index (χ2n) is 6.53. The van der Waals surface area contributed by atoms with Crippen molar-refractivity contribution < 1.29 is 19.1 Å². The number of ether oxygens (including phenoxy) is 2. The van der Waals surface area contributed by atoms with Crippen LogP contribution < -0.4 is 10.6 Å². The molecule has 7 heteroatoms. The minimum atomic E-state index is -0.539. The lowest BCUT2D eigenvalue weighted by molar-refractivity contribution is -0.124. The van der Waals surface area contributed by atoms with Crippen LogP contribution in [0.5, 0.6) is 0 Å². The van der Waals surface area contributed by atoms with E-state index in [4.69, 9.17) is 9.47 Å². The van der Waals surface area contributed by atoms with Gasteiger partial charge in [0.1, 0.15) is 6.04 Å². The van der Waals surface area contributed by atoms with Gasteiger partial charge in [-0.3, -0.25) is 9.59 Å². The minimum absolute atomic E-state index is 0.0136. The van der Waals surface area contributed by atoms with E-state index in [1.807, 2.05) is 25.3 Å². The molecule has 1 aliphatic heterocycles. The van der Waals surface area contributed by atoms with Gasteiger partial charge >= 0.3 is 0 Å². The fourth-order valence-corrected chi connectivity index (χ4v) is 3.27. The van der Waals surface area contributed by atoms with E-state index in [0.717, 1.165) is 25.9 Å². The summed E-state index contributed by atoms with van der Waals surface area (Å²) in [5, 5.41) is 7.54. The maximum Gasteiger partial charge on any atom is 0.262 e. The lowest BCUT2D eigenvalue weighted by Crippen LogP contribution is -2.49. The van der Waals surface area contributed by atoms with Crippen LogP contribution in [0.3, 0.4) is 0 Å². The molecule has 2 heterocycles. The van der Waals surface area contributed by atoms with Gasteiger partial charge in [0.05, 0.1) is 17.6 Å². The zero-order valence-corrected chi connectivity index (χ0v) is 15.8. The first-order valence-corrected chi connectivity index (χ1v) is 9.77. The number of amides is 2. The molecule has 2 N–H and O–H groups in total. The number of hydrogen-bond donors (Lipinski definition) is 2. The Kier molecular flexibility index (Phi) is 8.37. The fourth-order valence-electron chi connectivity index (χ4n) is 2.64. The quantitative estimate of drug-likeness (QED) is 0.621. The van der Waals surface area contributed by atoms with E-state index in [9.17, 15) is 9.59 Å². The molecule has 1 aromatic rings. The van der Waals surface area contributed by atoms with Crippen molar-refractivity contribution >= 4 is 23.2 Å². The molecule has 0 bridgehead atoms. The van der Waals surface area contributed by atoms with Gasteiger partial charge in [-0.15, -0.1) is 11.3 Å². The van der Waals surface area contributed by atoms with Gasteiger partial charge in [-0.2, -0.15) is 0 Å². The van der Waals surface area contributed by atoms with Crippen molar-refractivity contribution in [2.75, 3.05) is 26.4 Å². The minimum Gasteiger partial charge on any atom is -0.379 e. The van der Waals surface area contributed by atoms with Crippen molar-refractivity contribution in [3.05, 3.63) is 22.4 Å². The van der Waals surface area contributed by atoms with Crippen LogP contribution >= 0.6 is 11.3 Å². The van der Waals surface area contributed by atoms with E-state index in [0.29, 0.717) is 24.6 Å². The average Bonchev–Trinajstić information content (AvgIpc) is 3.28. The Bertz CT molecular complexity index is 527. The van der Waals surface area contributed by atoms with Gasteiger partial charge in [0.2, 0.25) is 5.91 Å². The predicted molar refractivity (Wildman–Crippen MR) is 97.8 cm³/mol. The van der Waals surface area contributed by atoms with Crippen LogP contribution in [0.1, 0.15) is 42.8 Å². The van der Waals surface area contributed by atoms with E-state index in [1.165, 1.54) is 11.3 Å². The summed E-state index contributed by atoms with van der Waals surface area (Å²) in [4.78, 5) is 25.1. The SMILES string of the molecule is CC(C)C(NC(=O)c1cccs1)C(=O)NCCCOCC1CCCO1. The number of carbonyl (C=O) groups is 2. The zero-order chi connectivity index (χ0) is 18.1. The van der Waals surface area contributed by atoms with E-state index in [-0.39, 0.29) is 23.8 Å². The third-order valence-electron chi connectivity index (χ3n) is 4.07. The third kappa shape index (κ3) is 6.76. The Morgan fingerprint density at radius 3 is 2.92 bits per heavy atom. The molecule has 1 saturated heterocycles. The molecule has 1 fully saturated rings. The first-order valence-electron chi connectivity index (χ1n) is 8.89. The Morgan fingerprint density at radius 2 is 2.28 bits per heavy atom. The molecule has 6 nitrogen and oxygen atoms in total. The van der Waals surface area contributed by atoms with Gasteiger partial charge < -0.3 is 20.1 Å². The Morgan fingerprint density at radius 1 is 1.44 bits per heavy atom. The maximum atomic E-state index is 12.3. The first-order chi connectivity index (χ1) is 12.1. The van der Waals surface area contributed by atoms with E-state index >= 15 is 0 Å². The molecule has 1 aliphatic rings. The van der Waals surface area contributed by atoms with Crippen LogP contribution in [0.4, 0.5) is 0 Å². The molecule has 2 rings (SSSR count). The van der Waals surface area contributed by atoms with Crippen LogP contribution in [0.25, 0.3) is 0 Å². The van der Waals surface area contributed by atoms with Gasteiger partial charge in [-0.1, -0.05) is 19.9 Å². The molecule has 0 spiro atoms. The van der Waals surface area contributed by atoms with Gasteiger partial charge in [0, 0.05) is 19.8 Å². The molecule has 140 valence electrons. The Balaban J connectivity index is 1.64. The van der Waals surface area contributed by atoms with Crippen LogP contribution in [0.2, 0.25) is 0 Å². The highest BCUT2D eigenvalue weighted by atomic mass is 32.1. The van der Waals surface area contributed by atoms with Gasteiger partial charge in [-0.05, 0) is 36.6 Å². The van der Waals surface area contributed by atoms with Crippen molar-refractivity contribution in [3.8, 4) is 0 Å². The molecule has 2 unspecified atom stereocenters. The van der Waals surface area contributed by atoms with Gasteiger partial charge in [-0.25, -0.2) is 0 Å². The summed E-state index contributed by atoms with van der Waals surface area (Å²) in [6, 6.07) is 3.03. The highest BCUT2D eigenvalue weighted by Crippen LogP contribution is 2.12. The topological polar surface area (TPSA) is 76.7 Å². The summed E-state index contributed by atoms with van der Waals surface area (Å²) in [5.41, 5.74) is 0. The second kappa shape index (κ2) is 10.5. The molecule has 1 aromatic heterocycles. The van der Waals surface area contributed by atoms with Crippen LogP contribution in [-0.4, -0.2) is 50.3 Å². The van der Waals surface area contributed by atoms with Crippen LogP contribution in [0.15, 0.2) is 17.5 Å². The molecule has 2 amide bonds. The van der Waals surface area contributed by atoms with Crippen molar-refractivity contribution in [2.24, 2.45) is 5.92 Å². The molecular weight excluding hydrogens is 340 g/mol. The molecule has 0 saturated carbocycles. The molecule has 0 radical (unpaired) electrons. The summed E-state index contributed by atoms with van der Waals surface area (Å²) in [6.07, 6.45) is 3.14. The third-order valence-corrected chi connectivity index (χ3v) is 4.94. The fraction of sp³-hybridized carbons (Fsp3) is 0.667. The van der Waals surface area contributed by atoms with E-state index in [2.05, 4.69) is 10.6 Å². The average molecular weight is 368 g/mol. The Labute approximate surface area is 153 Å². The van der Waals surface area contributed by atoms with E-state index in [1.54, 1.807) is 6.07 Å². The van der Waals surface area contributed by atoms with Gasteiger partial charge in [0.15, 0.2) is 0 Å². The van der Waals surface area contributed by atoms with Crippen molar-refractivity contribution in [2.45, 2.75) is 45.3 Å². The lowest BCUT2D eigenvalue weighted by atomic mass is 10.0. The van der Waals surface area contributed by atoms with E-state index < -0.39 is 6.04 Å². The summed E-state index contributed by atoms with van der Waals surface area (Å²) in [7, 11) is 0. The number of hydrogen-bond acceptors (Lipinski definition) is 5. The van der Waals surface area contributed by atoms with Crippen LogP contribution in [-0.2, 0) is 14.3 Å². The number of nitrogens with one attached hydrogen (secondary N) is 2. The number of thiophene rings is 1. The Hall–Kier alpha value is -1.44. The number of rotatable bonds is 10. The molecular formula is C18H28N2O4S.